The van der Waals surface area contributed by atoms with Crippen molar-refractivity contribution in [3.8, 4) is 0 Å². The Labute approximate surface area is 56.4 Å². The van der Waals surface area contributed by atoms with Gasteiger partial charge < -0.3 is 10.5 Å². The molecule has 1 saturated heterocycles. The van der Waals surface area contributed by atoms with Crippen molar-refractivity contribution < 1.29 is 4.74 Å². The molecule has 2 nitrogen and oxygen atoms in total. The Bertz CT molecular complexity index is 101. The second-order valence-electron chi connectivity index (χ2n) is 3.17. The van der Waals surface area contributed by atoms with E-state index in [0.717, 1.165) is 19.6 Å². The SMILES string of the molecule is CC1(C)OCCC1CN. The van der Waals surface area contributed by atoms with Crippen LogP contribution in [0.1, 0.15) is 20.3 Å². The Morgan fingerprint density at radius 2 is 2.33 bits per heavy atom. The molecule has 1 unspecified atom stereocenters. The molecule has 0 aromatic carbocycles. The first-order chi connectivity index (χ1) is 4.17. The van der Waals surface area contributed by atoms with E-state index in [1.165, 1.54) is 0 Å². The summed E-state index contributed by atoms with van der Waals surface area (Å²) in [4.78, 5) is 0. The highest BCUT2D eigenvalue weighted by Crippen LogP contribution is 2.29. The Morgan fingerprint density at radius 1 is 1.67 bits per heavy atom. The van der Waals surface area contributed by atoms with Crippen LogP contribution in [0.15, 0.2) is 0 Å². The fraction of sp³-hybridized carbons (Fsp3) is 1.00. The van der Waals surface area contributed by atoms with Gasteiger partial charge in [0.25, 0.3) is 0 Å². The minimum Gasteiger partial charge on any atom is -0.375 e. The van der Waals surface area contributed by atoms with E-state index in [0.29, 0.717) is 5.92 Å². The van der Waals surface area contributed by atoms with Gasteiger partial charge in [0.2, 0.25) is 0 Å². The van der Waals surface area contributed by atoms with Gasteiger partial charge in [-0.15, -0.1) is 0 Å². The predicted octanol–water partition coefficient (Wildman–Crippen LogP) is 0.760. The fourth-order valence-corrected chi connectivity index (χ4v) is 1.33. The van der Waals surface area contributed by atoms with Gasteiger partial charge >= 0.3 is 0 Å². The molecular weight excluding hydrogens is 114 g/mol. The van der Waals surface area contributed by atoms with Crippen LogP contribution in [0.4, 0.5) is 0 Å². The average molecular weight is 129 g/mol. The van der Waals surface area contributed by atoms with Crippen molar-refractivity contribution in [3.05, 3.63) is 0 Å². The maximum Gasteiger partial charge on any atom is 0.0667 e. The van der Waals surface area contributed by atoms with Crippen LogP contribution in [0.2, 0.25) is 0 Å². The van der Waals surface area contributed by atoms with Gasteiger partial charge in [0.1, 0.15) is 0 Å². The van der Waals surface area contributed by atoms with Gasteiger partial charge in [0.05, 0.1) is 5.60 Å². The molecule has 1 rings (SSSR count). The van der Waals surface area contributed by atoms with Crippen LogP contribution >= 0.6 is 0 Å². The summed E-state index contributed by atoms with van der Waals surface area (Å²) in [6.45, 7) is 5.86. The van der Waals surface area contributed by atoms with Crippen molar-refractivity contribution in [2.75, 3.05) is 13.2 Å². The quantitative estimate of drug-likeness (QED) is 0.567. The number of nitrogens with two attached hydrogens (primary N) is 1. The van der Waals surface area contributed by atoms with Gasteiger partial charge in [-0.2, -0.15) is 0 Å². The lowest BCUT2D eigenvalue weighted by Gasteiger charge is -2.23. The molecule has 54 valence electrons. The van der Waals surface area contributed by atoms with Gasteiger partial charge in [-0.25, -0.2) is 0 Å². The largest absolute Gasteiger partial charge is 0.375 e. The number of rotatable bonds is 1. The molecule has 0 bridgehead atoms. The molecule has 0 radical (unpaired) electrons. The molecule has 2 N–H and O–H groups in total. The highest BCUT2D eigenvalue weighted by Gasteiger charge is 2.34. The standard InChI is InChI=1S/C7H15NO/c1-7(2)6(5-8)3-4-9-7/h6H,3-5,8H2,1-2H3. The smallest absolute Gasteiger partial charge is 0.0667 e. The molecule has 9 heavy (non-hydrogen) atoms. The van der Waals surface area contributed by atoms with Crippen LogP contribution in [0.3, 0.4) is 0 Å². The molecular formula is C7H15NO. The lowest BCUT2D eigenvalue weighted by Crippen LogP contribution is -2.32. The summed E-state index contributed by atoms with van der Waals surface area (Å²) in [6, 6.07) is 0. The van der Waals surface area contributed by atoms with Crippen LogP contribution in [-0.2, 0) is 4.74 Å². The molecule has 1 heterocycles. The third-order valence-electron chi connectivity index (χ3n) is 2.21. The number of ether oxygens (including phenoxy) is 1. The molecule has 1 aliphatic rings. The second kappa shape index (κ2) is 2.27. The zero-order chi connectivity index (χ0) is 6.91. The van der Waals surface area contributed by atoms with Gasteiger partial charge in [0, 0.05) is 12.5 Å². The first kappa shape index (κ1) is 7.03. The molecule has 0 aromatic rings. The molecule has 0 spiro atoms. The van der Waals surface area contributed by atoms with Gasteiger partial charge in [-0.05, 0) is 26.8 Å². The first-order valence-electron chi connectivity index (χ1n) is 3.51. The van der Waals surface area contributed by atoms with Crippen LogP contribution in [-0.4, -0.2) is 18.8 Å². The van der Waals surface area contributed by atoms with Gasteiger partial charge in [-0.3, -0.25) is 0 Å². The van der Waals surface area contributed by atoms with Crippen LogP contribution in [0.5, 0.6) is 0 Å². The monoisotopic (exact) mass is 129 g/mol. The van der Waals surface area contributed by atoms with Gasteiger partial charge in [-0.1, -0.05) is 0 Å². The van der Waals surface area contributed by atoms with E-state index in [4.69, 9.17) is 10.5 Å². The number of hydrogen-bond acceptors (Lipinski definition) is 2. The van der Waals surface area contributed by atoms with Crippen molar-refractivity contribution >= 4 is 0 Å². The summed E-state index contributed by atoms with van der Waals surface area (Å²) in [5.41, 5.74) is 5.57. The summed E-state index contributed by atoms with van der Waals surface area (Å²) in [5, 5.41) is 0. The van der Waals surface area contributed by atoms with E-state index in [2.05, 4.69) is 13.8 Å². The maximum atomic E-state index is 5.53. The topological polar surface area (TPSA) is 35.2 Å². The van der Waals surface area contributed by atoms with Crippen molar-refractivity contribution in [2.24, 2.45) is 11.7 Å². The van der Waals surface area contributed by atoms with E-state index in [1.54, 1.807) is 0 Å². The highest BCUT2D eigenvalue weighted by atomic mass is 16.5. The normalized spacial score (nSPS) is 33.0. The Hall–Kier alpha value is -0.0800. The average Bonchev–Trinajstić information content (AvgIpc) is 2.08. The van der Waals surface area contributed by atoms with Crippen molar-refractivity contribution in [1.29, 1.82) is 0 Å². The first-order valence-corrected chi connectivity index (χ1v) is 3.51. The van der Waals surface area contributed by atoms with Crippen LogP contribution in [0, 0.1) is 5.92 Å². The molecule has 1 atom stereocenters. The molecule has 1 aliphatic heterocycles. The third kappa shape index (κ3) is 1.25. The molecule has 0 aromatic heterocycles. The van der Waals surface area contributed by atoms with Crippen molar-refractivity contribution in [3.63, 3.8) is 0 Å². The maximum absolute atomic E-state index is 5.53. The zero-order valence-corrected chi connectivity index (χ0v) is 6.18. The van der Waals surface area contributed by atoms with E-state index in [-0.39, 0.29) is 5.60 Å². The minimum absolute atomic E-state index is 0.0365. The Morgan fingerprint density at radius 3 is 2.56 bits per heavy atom. The van der Waals surface area contributed by atoms with E-state index in [9.17, 15) is 0 Å². The van der Waals surface area contributed by atoms with Crippen LogP contribution < -0.4 is 5.73 Å². The third-order valence-corrected chi connectivity index (χ3v) is 2.21. The summed E-state index contributed by atoms with van der Waals surface area (Å²) in [5.74, 6) is 0.567. The minimum atomic E-state index is 0.0365. The van der Waals surface area contributed by atoms with E-state index in [1.807, 2.05) is 0 Å². The van der Waals surface area contributed by atoms with Crippen LogP contribution in [0.25, 0.3) is 0 Å². The van der Waals surface area contributed by atoms with Crippen molar-refractivity contribution in [2.45, 2.75) is 25.9 Å². The fourth-order valence-electron chi connectivity index (χ4n) is 1.33. The summed E-state index contributed by atoms with van der Waals surface area (Å²) in [6.07, 6.45) is 1.13. The summed E-state index contributed by atoms with van der Waals surface area (Å²) >= 11 is 0. The number of hydrogen-bond donors (Lipinski definition) is 1. The predicted molar refractivity (Wildman–Crippen MR) is 37.2 cm³/mol. The van der Waals surface area contributed by atoms with Gasteiger partial charge in [0.15, 0.2) is 0 Å². The highest BCUT2D eigenvalue weighted by molar-refractivity contribution is 4.84. The summed E-state index contributed by atoms with van der Waals surface area (Å²) < 4.78 is 5.46. The van der Waals surface area contributed by atoms with Crippen molar-refractivity contribution in [1.82, 2.24) is 0 Å². The Balaban J connectivity index is 2.52. The Kier molecular flexibility index (Phi) is 1.78. The lowest BCUT2D eigenvalue weighted by molar-refractivity contribution is 0.0132. The second-order valence-corrected chi connectivity index (χ2v) is 3.17. The van der Waals surface area contributed by atoms with E-state index >= 15 is 0 Å². The molecule has 0 amide bonds. The zero-order valence-electron chi connectivity index (χ0n) is 6.18. The lowest BCUT2D eigenvalue weighted by atomic mass is 9.91. The molecule has 0 saturated carbocycles. The molecule has 1 fully saturated rings. The van der Waals surface area contributed by atoms with E-state index < -0.39 is 0 Å². The summed E-state index contributed by atoms with van der Waals surface area (Å²) in [7, 11) is 0. The molecule has 2 heteroatoms. The molecule has 0 aliphatic carbocycles.